The predicted octanol–water partition coefficient (Wildman–Crippen LogP) is 6.24. The van der Waals surface area contributed by atoms with Crippen molar-refractivity contribution in [3.63, 3.8) is 0 Å². The summed E-state index contributed by atoms with van der Waals surface area (Å²) >= 11 is 6.00. The lowest BCUT2D eigenvalue weighted by Crippen LogP contribution is -2.21. The van der Waals surface area contributed by atoms with Crippen molar-refractivity contribution in [1.29, 1.82) is 0 Å². The Morgan fingerprint density at radius 3 is 2.34 bits per heavy atom. The first-order valence-electron chi connectivity index (χ1n) is 9.89. The Hall–Kier alpha value is -3.00. The number of carboxylic acids is 1. The molecule has 9 heteroatoms. The number of halogens is 4. The minimum atomic E-state index is -5.08. The van der Waals surface area contributed by atoms with Gasteiger partial charge in [-0.1, -0.05) is 49.2 Å². The molecule has 0 saturated carbocycles. The van der Waals surface area contributed by atoms with Crippen LogP contribution in [0.2, 0.25) is 5.02 Å². The first-order valence-corrected chi connectivity index (χ1v) is 10.3. The van der Waals surface area contributed by atoms with Crippen LogP contribution in [-0.2, 0) is 17.8 Å². The first-order chi connectivity index (χ1) is 15.2. The normalized spacial score (nSPS) is 10.9. The van der Waals surface area contributed by atoms with Gasteiger partial charge in [0.05, 0.1) is 19.1 Å². The summed E-state index contributed by atoms with van der Waals surface area (Å²) in [4.78, 5) is 13.6. The number of benzene rings is 2. The number of alkyl halides is 3. The number of ether oxygens (including phenoxy) is 1. The molecule has 0 saturated heterocycles. The number of carboxylic acid groups (broad SMARTS) is 1. The van der Waals surface area contributed by atoms with Gasteiger partial charge < -0.3 is 14.4 Å². The second kappa shape index (κ2) is 11.6. The summed E-state index contributed by atoms with van der Waals surface area (Å²) in [6.07, 6.45) is 0.130. The molecule has 172 valence electrons. The highest BCUT2D eigenvalue weighted by Gasteiger charge is 2.38. The Morgan fingerprint density at radius 1 is 1.16 bits per heavy atom. The van der Waals surface area contributed by atoms with Crippen molar-refractivity contribution < 1.29 is 27.8 Å². The minimum absolute atomic E-state index is 0.760. The molecule has 0 amide bonds. The zero-order valence-corrected chi connectivity index (χ0v) is 18.5. The fourth-order valence-electron chi connectivity index (χ4n) is 3.00. The molecule has 1 aromatic heterocycles. The van der Waals surface area contributed by atoms with Crippen LogP contribution in [0.25, 0.3) is 11.3 Å². The maximum absolute atomic E-state index is 10.6. The van der Waals surface area contributed by atoms with Crippen LogP contribution in [0, 0.1) is 0 Å². The van der Waals surface area contributed by atoms with E-state index in [0.29, 0.717) is 0 Å². The summed E-state index contributed by atoms with van der Waals surface area (Å²) in [6.45, 7) is 3.00. The fraction of sp³-hybridized carbons (Fsp3) is 0.304. The fourth-order valence-corrected chi connectivity index (χ4v) is 3.13. The number of imidazole rings is 1. The average Bonchev–Trinajstić information content (AvgIpc) is 3.15. The van der Waals surface area contributed by atoms with Crippen LogP contribution in [0.1, 0.15) is 31.0 Å². The molecule has 0 unspecified atom stereocenters. The molecule has 0 aliphatic rings. The SMILES string of the molecule is CCCCc1c(-c2ccccc2OC)ncn1Cc1ccc(Cl)cc1.O=C(O)C(F)(F)F. The molecule has 5 nitrogen and oxygen atoms in total. The summed E-state index contributed by atoms with van der Waals surface area (Å²) < 4.78 is 39.5. The number of hydrogen-bond donors (Lipinski definition) is 1. The van der Waals surface area contributed by atoms with Crippen LogP contribution >= 0.6 is 11.6 Å². The zero-order chi connectivity index (χ0) is 23.7. The Bertz CT molecular complexity index is 1020. The summed E-state index contributed by atoms with van der Waals surface area (Å²) in [6, 6.07) is 16.1. The van der Waals surface area contributed by atoms with Gasteiger partial charge in [-0.05, 0) is 42.7 Å². The predicted molar refractivity (Wildman–Crippen MR) is 117 cm³/mol. The largest absolute Gasteiger partial charge is 0.496 e. The number of nitrogens with zero attached hydrogens (tertiary/aromatic N) is 2. The number of methoxy groups -OCH3 is 1. The van der Waals surface area contributed by atoms with E-state index in [0.717, 1.165) is 47.8 Å². The average molecular weight is 469 g/mol. The van der Waals surface area contributed by atoms with Crippen molar-refractivity contribution in [2.45, 2.75) is 38.9 Å². The topological polar surface area (TPSA) is 64.4 Å². The van der Waals surface area contributed by atoms with Crippen LogP contribution in [0.4, 0.5) is 13.2 Å². The summed E-state index contributed by atoms with van der Waals surface area (Å²) in [5.74, 6) is -1.90. The van der Waals surface area contributed by atoms with E-state index in [1.165, 1.54) is 11.3 Å². The first kappa shape index (κ1) is 25.3. The highest BCUT2D eigenvalue weighted by Crippen LogP contribution is 2.32. The van der Waals surface area contributed by atoms with Crippen LogP contribution in [0.15, 0.2) is 54.9 Å². The quantitative estimate of drug-likeness (QED) is 0.446. The van der Waals surface area contributed by atoms with Crippen LogP contribution < -0.4 is 4.74 Å². The monoisotopic (exact) mass is 468 g/mol. The van der Waals surface area contributed by atoms with Gasteiger partial charge in [0.15, 0.2) is 0 Å². The van der Waals surface area contributed by atoms with E-state index >= 15 is 0 Å². The molecule has 0 aliphatic carbocycles. The number of aromatic nitrogens is 2. The van der Waals surface area contributed by atoms with Gasteiger partial charge in [-0.15, -0.1) is 0 Å². The van der Waals surface area contributed by atoms with Crippen molar-refractivity contribution in [1.82, 2.24) is 9.55 Å². The number of para-hydroxylation sites is 1. The molecule has 0 fully saturated rings. The van der Waals surface area contributed by atoms with Gasteiger partial charge in [0.1, 0.15) is 5.75 Å². The van der Waals surface area contributed by atoms with E-state index in [9.17, 15) is 13.2 Å². The molecule has 0 bridgehead atoms. The summed E-state index contributed by atoms with van der Waals surface area (Å²) in [5, 5.41) is 7.88. The number of aliphatic carboxylic acids is 1. The molecule has 1 N–H and O–H groups in total. The Balaban J connectivity index is 0.000000451. The van der Waals surface area contributed by atoms with E-state index in [1.54, 1.807) is 7.11 Å². The van der Waals surface area contributed by atoms with Crippen molar-refractivity contribution in [3.05, 3.63) is 71.1 Å². The van der Waals surface area contributed by atoms with Gasteiger partial charge >= 0.3 is 12.1 Å². The van der Waals surface area contributed by atoms with Gasteiger partial charge in [0.2, 0.25) is 0 Å². The third-order valence-electron chi connectivity index (χ3n) is 4.58. The van der Waals surface area contributed by atoms with Gasteiger partial charge in [0.25, 0.3) is 0 Å². The molecule has 1 heterocycles. The molecule has 0 radical (unpaired) electrons. The van der Waals surface area contributed by atoms with E-state index in [1.807, 2.05) is 36.7 Å². The highest BCUT2D eigenvalue weighted by atomic mass is 35.5. The highest BCUT2D eigenvalue weighted by molar-refractivity contribution is 6.30. The molecule has 3 rings (SSSR count). The zero-order valence-electron chi connectivity index (χ0n) is 17.7. The minimum Gasteiger partial charge on any atom is -0.496 e. The van der Waals surface area contributed by atoms with E-state index in [-0.39, 0.29) is 0 Å². The van der Waals surface area contributed by atoms with Gasteiger partial charge in [-0.3, -0.25) is 0 Å². The number of rotatable bonds is 7. The van der Waals surface area contributed by atoms with Crippen LogP contribution in [0.5, 0.6) is 5.75 Å². The molecule has 32 heavy (non-hydrogen) atoms. The van der Waals surface area contributed by atoms with Crippen LogP contribution in [0.3, 0.4) is 0 Å². The van der Waals surface area contributed by atoms with E-state index < -0.39 is 12.1 Å². The molecule has 2 aromatic carbocycles. The Labute approximate surface area is 189 Å². The molecule has 0 atom stereocenters. The van der Waals surface area contributed by atoms with E-state index in [2.05, 4.69) is 29.7 Å². The summed E-state index contributed by atoms with van der Waals surface area (Å²) in [7, 11) is 1.70. The third kappa shape index (κ3) is 7.02. The molecular weight excluding hydrogens is 445 g/mol. The van der Waals surface area contributed by atoms with Crippen molar-refractivity contribution in [2.75, 3.05) is 7.11 Å². The van der Waals surface area contributed by atoms with E-state index in [4.69, 9.17) is 31.2 Å². The van der Waals surface area contributed by atoms with Gasteiger partial charge in [0, 0.05) is 22.8 Å². The van der Waals surface area contributed by atoms with Crippen LogP contribution in [-0.4, -0.2) is 33.9 Å². The van der Waals surface area contributed by atoms with Gasteiger partial charge in [-0.25, -0.2) is 9.78 Å². The number of unbranched alkanes of at least 4 members (excludes halogenated alkanes) is 1. The number of carbonyl (C=O) groups is 1. The smallest absolute Gasteiger partial charge is 0.490 e. The van der Waals surface area contributed by atoms with Crippen molar-refractivity contribution in [3.8, 4) is 17.0 Å². The lowest BCUT2D eigenvalue weighted by molar-refractivity contribution is -0.192. The Kier molecular flexibility index (Phi) is 9.13. The summed E-state index contributed by atoms with van der Waals surface area (Å²) in [5.41, 5.74) is 4.53. The molecular formula is C23H24ClF3N2O3. The Morgan fingerprint density at radius 2 is 1.78 bits per heavy atom. The molecule has 0 spiro atoms. The lowest BCUT2D eigenvalue weighted by Gasteiger charge is -2.12. The van der Waals surface area contributed by atoms with Crippen molar-refractivity contribution >= 4 is 17.6 Å². The van der Waals surface area contributed by atoms with Crippen molar-refractivity contribution in [2.24, 2.45) is 0 Å². The number of hydrogen-bond acceptors (Lipinski definition) is 3. The molecule has 3 aromatic rings. The second-order valence-corrected chi connectivity index (χ2v) is 7.34. The lowest BCUT2D eigenvalue weighted by atomic mass is 10.1. The maximum atomic E-state index is 10.6. The standard InChI is InChI=1S/C21H23ClN2O.C2HF3O2/c1-3-4-8-19-21(18-7-5-6-9-20(18)25-2)23-15-24(19)14-16-10-12-17(22)13-11-16;3-2(4,5)1(6)7/h5-7,9-13,15H,3-4,8,14H2,1-2H3;(H,6,7). The molecule has 0 aliphatic heterocycles. The third-order valence-corrected chi connectivity index (χ3v) is 4.84. The van der Waals surface area contributed by atoms with Gasteiger partial charge in [-0.2, -0.15) is 13.2 Å². The second-order valence-electron chi connectivity index (χ2n) is 6.90. The maximum Gasteiger partial charge on any atom is 0.490 e.